The fourth-order valence-corrected chi connectivity index (χ4v) is 5.82. The largest absolute Gasteiger partial charge is 0.312 e. The Labute approximate surface area is 134 Å². The maximum Gasteiger partial charge on any atom is 0.160 e. The molecule has 2 aliphatic heterocycles. The summed E-state index contributed by atoms with van der Waals surface area (Å²) in [6.07, 6.45) is 5.87. The van der Waals surface area contributed by atoms with Crippen molar-refractivity contribution in [2.75, 3.05) is 23.0 Å². The smallest absolute Gasteiger partial charge is 0.160 e. The molecular weight excluding hydrogens is 298 g/mol. The highest BCUT2D eigenvalue weighted by molar-refractivity contribution is 7.99. The van der Waals surface area contributed by atoms with E-state index in [9.17, 15) is 0 Å². The number of hydrogen-bond acceptors (Lipinski definition) is 4. The third-order valence-corrected chi connectivity index (χ3v) is 6.82. The van der Waals surface area contributed by atoms with E-state index >= 15 is 0 Å². The fraction of sp³-hybridized carbons (Fsp3) is 0.625. The summed E-state index contributed by atoms with van der Waals surface area (Å²) in [6, 6.07) is 4.12. The Balaban J connectivity index is 1.70. The molecule has 0 spiro atoms. The van der Waals surface area contributed by atoms with Crippen LogP contribution < -0.4 is 0 Å². The summed E-state index contributed by atoms with van der Waals surface area (Å²) in [7, 11) is 0. The average molecular weight is 319 g/mol. The molecule has 2 aromatic heterocycles. The van der Waals surface area contributed by atoms with E-state index in [1.54, 1.807) is 0 Å². The topological polar surface area (TPSA) is 30.7 Å². The van der Waals surface area contributed by atoms with Gasteiger partial charge in [0.1, 0.15) is 11.3 Å². The maximum absolute atomic E-state index is 4.94. The molecule has 1 atom stereocenters. The van der Waals surface area contributed by atoms with Gasteiger partial charge in [-0.1, -0.05) is 0 Å². The number of rotatable bonds is 3. The first-order valence-electron chi connectivity index (χ1n) is 7.88. The van der Waals surface area contributed by atoms with Crippen molar-refractivity contribution in [3.05, 3.63) is 24.2 Å². The molecule has 112 valence electrons. The van der Waals surface area contributed by atoms with E-state index in [4.69, 9.17) is 4.98 Å². The number of thioether (sulfide) groups is 2. The molecule has 0 saturated carbocycles. The van der Waals surface area contributed by atoms with Gasteiger partial charge >= 0.3 is 0 Å². The van der Waals surface area contributed by atoms with Gasteiger partial charge in [-0.25, -0.2) is 9.97 Å². The Morgan fingerprint density at radius 2 is 2.00 bits per heavy atom. The summed E-state index contributed by atoms with van der Waals surface area (Å²) in [4.78, 5) is 9.57. The summed E-state index contributed by atoms with van der Waals surface area (Å²) in [5.74, 6) is 7.87. The standard InChI is InChI=1S/C16H21N3S2/c1-2-14-16(17-6-1)19(10-12-3-7-20-8-4-12)15(18-14)13-5-9-21-11-13/h1-2,6,12-13H,3-5,7-11H2. The molecule has 2 aromatic rings. The van der Waals surface area contributed by atoms with Crippen molar-refractivity contribution in [1.29, 1.82) is 0 Å². The van der Waals surface area contributed by atoms with Gasteiger partial charge in [0.25, 0.3) is 0 Å². The van der Waals surface area contributed by atoms with Gasteiger partial charge in [0, 0.05) is 24.4 Å². The van der Waals surface area contributed by atoms with Crippen LogP contribution in [0.1, 0.15) is 31.0 Å². The highest BCUT2D eigenvalue weighted by atomic mass is 32.2. The zero-order valence-corrected chi connectivity index (χ0v) is 13.8. The minimum absolute atomic E-state index is 0.627. The highest BCUT2D eigenvalue weighted by Gasteiger charge is 2.26. The van der Waals surface area contributed by atoms with Crippen LogP contribution in [0.2, 0.25) is 0 Å². The van der Waals surface area contributed by atoms with Crippen molar-refractivity contribution in [3.63, 3.8) is 0 Å². The van der Waals surface area contributed by atoms with Crippen LogP contribution in [0.3, 0.4) is 0 Å². The molecule has 4 heterocycles. The number of imidazole rings is 1. The maximum atomic E-state index is 4.94. The number of fused-ring (bicyclic) bond motifs is 1. The zero-order chi connectivity index (χ0) is 14.1. The van der Waals surface area contributed by atoms with Crippen LogP contribution in [0.15, 0.2) is 18.3 Å². The lowest BCUT2D eigenvalue weighted by Gasteiger charge is -2.23. The minimum Gasteiger partial charge on any atom is -0.312 e. The van der Waals surface area contributed by atoms with Gasteiger partial charge in [-0.05, 0) is 54.6 Å². The molecule has 0 aliphatic carbocycles. The van der Waals surface area contributed by atoms with E-state index in [0.29, 0.717) is 5.92 Å². The quantitative estimate of drug-likeness (QED) is 0.861. The molecule has 2 fully saturated rings. The van der Waals surface area contributed by atoms with Crippen LogP contribution in [0.25, 0.3) is 11.2 Å². The molecule has 0 N–H and O–H groups in total. The number of aromatic nitrogens is 3. The second-order valence-electron chi connectivity index (χ2n) is 6.04. The first-order chi connectivity index (χ1) is 10.4. The van der Waals surface area contributed by atoms with Crippen LogP contribution in [-0.4, -0.2) is 37.5 Å². The Kier molecular flexibility index (Phi) is 4.12. The van der Waals surface area contributed by atoms with Crippen LogP contribution in [0.5, 0.6) is 0 Å². The van der Waals surface area contributed by atoms with Gasteiger partial charge in [0.15, 0.2) is 5.65 Å². The molecule has 3 nitrogen and oxygen atoms in total. The third-order valence-electron chi connectivity index (χ3n) is 4.61. The normalized spacial score (nSPS) is 23.9. The van der Waals surface area contributed by atoms with Crippen molar-refractivity contribution in [1.82, 2.24) is 14.5 Å². The Bertz CT molecular complexity index is 613. The molecular formula is C16H21N3S2. The SMILES string of the molecule is c1cnc2c(c1)nc(C1CCSC1)n2CC1CCSCC1. The first kappa shape index (κ1) is 13.9. The number of nitrogens with zero attached hydrogens (tertiary/aromatic N) is 3. The lowest BCUT2D eigenvalue weighted by Crippen LogP contribution is -2.19. The van der Waals surface area contributed by atoms with Gasteiger partial charge in [-0.2, -0.15) is 23.5 Å². The highest BCUT2D eigenvalue weighted by Crippen LogP contribution is 2.34. The molecule has 1 unspecified atom stereocenters. The first-order valence-corrected chi connectivity index (χ1v) is 10.2. The summed E-state index contributed by atoms with van der Waals surface area (Å²) >= 11 is 4.17. The molecule has 4 rings (SSSR count). The van der Waals surface area contributed by atoms with E-state index in [0.717, 1.165) is 23.6 Å². The Morgan fingerprint density at radius 3 is 2.81 bits per heavy atom. The molecule has 21 heavy (non-hydrogen) atoms. The monoisotopic (exact) mass is 319 g/mol. The van der Waals surface area contributed by atoms with E-state index in [-0.39, 0.29) is 0 Å². The number of pyridine rings is 1. The van der Waals surface area contributed by atoms with E-state index in [1.807, 2.05) is 12.3 Å². The van der Waals surface area contributed by atoms with Gasteiger partial charge < -0.3 is 4.57 Å². The molecule has 0 amide bonds. The van der Waals surface area contributed by atoms with Gasteiger partial charge in [0.2, 0.25) is 0 Å². The summed E-state index contributed by atoms with van der Waals surface area (Å²) in [5.41, 5.74) is 2.18. The average Bonchev–Trinajstić information content (AvgIpc) is 3.16. The molecule has 5 heteroatoms. The lowest BCUT2D eigenvalue weighted by molar-refractivity contribution is 0.409. The molecule has 0 bridgehead atoms. The summed E-state index contributed by atoms with van der Waals surface area (Å²) in [5, 5.41) is 0. The van der Waals surface area contributed by atoms with Crippen LogP contribution >= 0.6 is 23.5 Å². The van der Waals surface area contributed by atoms with Crippen LogP contribution in [0, 0.1) is 5.92 Å². The second kappa shape index (κ2) is 6.21. The van der Waals surface area contributed by atoms with Crippen molar-refractivity contribution < 1.29 is 0 Å². The lowest BCUT2D eigenvalue weighted by atomic mass is 10.0. The van der Waals surface area contributed by atoms with E-state index in [2.05, 4.69) is 39.1 Å². The van der Waals surface area contributed by atoms with Crippen molar-refractivity contribution in [2.24, 2.45) is 5.92 Å². The van der Waals surface area contributed by atoms with Gasteiger partial charge in [-0.15, -0.1) is 0 Å². The van der Waals surface area contributed by atoms with Crippen molar-refractivity contribution in [3.8, 4) is 0 Å². The zero-order valence-electron chi connectivity index (χ0n) is 12.2. The predicted molar refractivity (Wildman–Crippen MR) is 92.3 cm³/mol. The molecule has 2 aliphatic rings. The van der Waals surface area contributed by atoms with E-state index < -0.39 is 0 Å². The Morgan fingerprint density at radius 1 is 1.14 bits per heavy atom. The van der Waals surface area contributed by atoms with E-state index in [1.165, 1.54) is 48.1 Å². The third kappa shape index (κ3) is 2.82. The van der Waals surface area contributed by atoms with Gasteiger partial charge in [-0.3, -0.25) is 0 Å². The second-order valence-corrected chi connectivity index (χ2v) is 8.42. The predicted octanol–water partition coefficient (Wildman–Crippen LogP) is 3.80. The van der Waals surface area contributed by atoms with Crippen molar-refractivity contribution in [2.45, 2.75) is 31.7 Å². The van der Waals surface area contributed by atoms with Gasteiger partial charge in [0.05, 0.1) is 0 Å². The fourth-order valence-electron chi connectivity index (χ4n) is 3.39. The summed E-state index contributed by atoms with van der Waals surface area (Å²) in [6.45, 7) is 1.12. The summed E-state index contributed by atoms with van der Waals surface area (Å²) < 4.78 is 2.45. The molecule has 0 radical (unpaired) electrons. The molecule has 0 aromatic carbocycles. The Hall–Kier alpha value is -0.680. The van der Waals surface area contributed by atoms with Crippen LogP contribution in [0.4, 0.5) is 0 Å². The van der Waals surface area contributed by atoms with Crippen molar-refractivity contribution >= 4 is 34.7 Å². The number of hydrogen-bond donors (Lipinski definition) is 0. The molecule has 2 saturated heterocycles. The minimum atomic E-state index is 0.627. The van der Waals surface area contributed by atoms with Crippen LogP contribution in [-0.2, 0) is 6.54 Å².